The molecule has 0 radical (unpaired) electrons. The second-order valence-electron chi connectivity index (χ2n) is 5.57. The van der Waals surface area contributed by atoms with Gasteiger partial charge in [-0.25, -0.2) is 0 Å². The Hall–Kier alpha value is -2.26. The van der Waals surface area contributed by atoms with Gasteiger partial charge in [-0.15, -0.1) is 0 Å². The molecule has 1 aromatic heterocycles. The first-order chi connectivity index (χ1) is 10.3. The van der Waals surface area contributed by atoms with E-state index < -0.39 is 0 Å². The van der Waals surface area contributed by atoms with E-state index in [-0.39, 0.29) is 12.7 Å². The number of benzene rings is 2. The minimum atomic E-state index is 0.0759. The number of aliphatic hydroxyl groups excluding tert-OH is 1. The van der Waals surface area contributed by atoms with Crippen LogP contribution in [0.25, 0.3) is 10.9 Å². The van der Waals surface area contributed by atoms with Gasteiger partial charge in [-0.05, 0) is 34.7 Å². The van der Waals surface area contributed by atoms with Crippen LogP contribution in [0.2, 0.25) is 0 Å². The normalized spacial score (nSPS) is 16.9. The van der Waals surface area contributed by atoms with Crippen LogP contribution in [-0.2, 0) is 19.6 Å². The van der Waals surface area contributed by atoms with E-state index in [2.05, 4.69) is 41.1 Å². The van der Waals surface area contributed by atoms with Gasteiger partial charge in [0.1, 0.15) is 11.9 Å². The van der Waals surface area contributed by atoms with Crippen molar-refractivity contribution in [2.24, 2.45) is 0 Å². The Labute approximate surface area is 123 Å². The number of rotatable bonds is 3. The highest BCUT2D eigenvalue weighted by molar-refractivity contribution is 5.80. The molecule has 21 heavy (non-hydrogen) atoms. The Morgan fingerprint density at radius 3 is 2.90 bits per heavy atom. The van der Waals surface area contributed by atoms with E-state index in [9.17, 15) is 5.11 Å². The zero-order valence-electron chi connectivity index (χ0n) is 11.7. The summed E-state index contributed by atoms with van der Waals surface area (Å²) in [6.07, 6.45) is 3.23. The fraction of sp³-hybridized carbons (Fsp3) is 0.222. The van der Waals surface area contributed by atoms with Crippen molar-refractivity contribution in [2.75, 3.05) is 0 Å². The standard InChI is InChI=1S/C18H17NO2/c20-12-13-5-6-14-7-8-19(17(14)9-13)11-16-10-15-3-1-2-4-18(15)21-16/h1-9,16,20H,10-12H2. The van der Waals surface area contributed by atoms with Crippen LogP contribution in [0.1, 0.15) is 11.1 Å². The lowest BCUT2D eigenvalue weighted by atomic mass is 10.1. The maximum atomic E-state index is 9.29. The van der Waals surface area contributed by atoms with Gasteiger partial charge in [0, 0.05) is 18.1 Å². The molecule has 0 saturated carbocycles. The van der Waals surface area contributed by atoms with Crippen molar-refractivity contribution in [3.8, 4) is 5.75 Å². The first-order valence-corrected chi connectivity index (χ1v) is 7.27. The van der Waals surface area contributed by atoms with Crippen LogP contribution in [0.5, 0.6) is 5.75 Å². The molecule has 1 aliphatic heterocycles. The zero-order chi connectivity index (χ0) is 14.2. The summed E-state index contributed by atoms with van der Waals surface area (Å²) in [7, 11) is 0. The van der Waals surface area contributed by atoms with Crippen LogP contribution in [0.3, 0.4) is 0 Å². The number of nitrogens with zero attached hydrogens (tertiary/aromatic N) is 1. The summed E-state index contributed by atoms with van der Waals surface area (Å²) < 4.78 is 8.23. The maximum Gasteiger partial charge on any atom is 0.123 e. The predicted octanol–water partition coefficient (Wildman–Crippen LogP) is 3.14. The van der Waals surface area contributed by atoms with Crippen molar-refractivity contribution in [3.63, 3.8) is 0 Å². The lowest BCUT2D eigenvalue weighted by Gasteiger charge is -2.13. The van der Waals surface area contributed by atoms with Gasteiger partial charge in [-0.3, -0.25) is 0 Å². The van der Waals surface area contributed by atoms with Gasteiger partial charge >= 0.3 is 0 Å². The lowest BCUT2D eigenvalue weighted by Crippen LogP contribution is -2.20. The number of ether oxygens (including phenoxy) is 1. The topological polar surface area (TPSA) is 34.4 Å². The monoisotopic (exact) mass is 279 g/mol. The van der Waals surface area contributed by atoms with E-state index >= 15 is 0 Å². The van der Waals surface area contributed by atoms with Gasteiger partial charge in [0.15, 0.2) is 0 Å². The highest BCUT2D eigenvalue weighted by atomic mass is 16.5. The molecule has 0 saturated heterocycles. The van der Waals surface area contributed by atoms with E-state index in [1.54, 1.807) is 0 Å². The quantitative estimate of drug-likeness (QED) is 0.799. The Morgan fingerprint density at radius 2 is 2.05 bits per heavy atom. The molecule has 0 bridgehead atoms. The second kappa shape index (κ2) is 4.93. The molecule has 0 fully saturated rings. The largest absolute Gasteiger partial charge is 0.488 e. The fourth-order valence-electron chi connectivity index (χ4n) is 3.06. The minimum absolute atomic E-state index is 0.0759. The Bertz CT molecular complexity index is 766. The van der Waals surface area contributed by atoms with Crippen molar-refractivity contribution >= 4 is 10.9 Å². The SMILES string of the molecule is OCc1ccc2ccn(CC3Cc4ccccc4O3)c2c1. The average molecular weight is 279 g/mol. The van der Waals surface area contributed by atoms with Gasteiger partial charge in [-0.1, -0.05) is 30.3 Å². The molecule has 106 valence electrons. The smallest absolute Gasteiger partial charge is 0.123 e. The third-order valence-electron chi connectivity index (χ3n) is 4.14. The van der Waals surface area contributed by atoms with E-state index in [1.165, 1.54) is 10.9 Å². The summed E-state index contributed by atoms with van der Waals surface area (Å²) in [4.78, 5) is 0. The van der Waals surface area contributed by atoms with Crippen LogP contribution >= 0.6 is 0 Å². The van der Waals surface area contributed by atoms with E-state index in [0.717, 1.165) is 29.8 Å². The van der Waals surface area contributed by atoms with Crippen molar-refractivity contribution in [1.82, 2.24) is 4.57 Å². The molecule has 3 heteroatoms. The maximum absolute atomic E-state index is 9.29. The number of fused-ring (bicyclic) bond motifs is 2. The summed E-state index contributed by atoms with van der Waals surface area (Å²) in [5.74, 6) is 1.01. The van der Waals surface area contributed by atoms with Gasteiger partial charge < -0.3 is 14.4 Å². The Morgan fingerprint density at radius 1 is 1.14 bits per heavy atom. The van der Waals surface area contributed by atoms with Crippen LogP contribution in [0.4, 0.5) is 0 Å². The molecule has 3 aromatic rings. The van der Waals surface area contributed by atoms with Gasteiger partial charge in [0.2, 0.25) is 0 Å². The predicted molar refractivity (Wildman–Crippen MR) is 82.4 cm³/mol. The summed E-state index contributed by atoms with van der Waals surface area (Å²) >= 11 is 0. The molecule has 4 rings (SSSR count). The van der Waals surface area contributed by atoms with E-state index in [1.807, 2.05) is 18.2 Å². The Kier molecular flexibility index (Phi) is 2.93. The number of hydrogen-bond donors (Lipinski definition) is 1. The average Bonchev–Trinajstić information content (AvgIpc) is 3.10. The Balaban J connectivity index is 1.61. The number of para-hydroxylation sites is 1. The summed E-state index contributed by atoms with van der Waals surface area (Å²) in [5.41, 5.74) is 3.38. The van der Waals surface area contributed by atoms with Crippen LogP contribution in [0, 0.1) is 0 Å². The summed E-state index contributed by atoms with van der Waals surface area (Å²) in [6.45, 7) is 0.902. The summed E-state index contributed by atoms with van der Waals surface area (Å²) in [5, 5.41) is 10.5. The highest BCUT2D eigenvalue weighted by Gasteiger charge is 2.22. The highest BCUT2D eigenvalue weighted by Crippen LogP contribution is 2.29. The number of aromatic nitrogens is 1. The molecule has 1 atom stereocenters. The lowest BCUT2D eigenvalue weighted by molar-refractivity contribution is 0.211. The molecule has 3 nitrogen and oxygen atoms in total. The number of hydrogen-bond acceptors (Lipinski definition) is 2. The molecule has 2 heterocycles. The molecule has 1 aliphatic rings. The molecule has 0 aliphatic carbocycles. The third-order valence-corrected chi connectivity index (χ3v) is 4.14. The van der Waals surface area contributed by atoms with Crippen molar-refractivity contribution in [1.29, 1.82) is 0 Å². The van der Waals surface area contributed by atoms with Crippen LogP contribution < -0.4 is 4.74 Å². The van der Waals surface area contributed by atoms with E-state index in [0.29, 0.717) is 0 Å². The number of aliphatic hydroxyl groups is 1. The first-order valence-electron chi connectivity index (χ1n) is 7.27. The zero-order valence-corrected chi connectivity index (χ0v) is 11.7. The molecule has 0 spiro atoms. The molecule has 2 aromatic carbocycles. The van der Waals surface area contributed by atoms with Crippen molar-refractivity contribution in [2.45, 2.75) is 25.7 Å². The minimum Gasteiger partial charge on any atom is -0.488 e. The molecule has 1 unspecified atom stereocenters. The van der Waals surface area contributed by atoms with Crippen LogP contribution in [-0.4, -0.2) is 15.8 Å². The first kappa shape index (κ1) is 12.5. The third kappa shape index (κ3) is 2.20. The fourth-order valence-corrected chi connectivity index (χ4v) is 3.06. The summed E-state index contributed by atoms with van der Waals surface area (Å²) in [6, 6.07) is 16.4. The molecular formula is C18H17NO2. The van der Waals surface area contributed by atoms with Crippen molar-refractivity contribution in [3.05, 3.63) is 65.9 Å². The van der Waals surface area contributed by atoms with Gasteiger partial charge in [-0.2, -0.15) is 0 Å². The van der Waals surface area contributed by atoms with E-state index in [4.69, 9.17) is 4.74 Å². The van der Waals surface area contributed by atoms with Crippen LogP contribution in [0.15, 0.2) is 54.7 Å². The molecule has 1 N–H and O–H groups in total. The van der Waals surface area contributed by atoms with Gasteiger partial charge in [0.05, 0.1) is 13.2 Å². The second-order valence-corrected chi connectivity index (χ2v) is 5.57. The molecule has 0 amide bonds. The van der Waals surface area contributed by atoms with Crippen molar-refractivity contribution < 1.29 is 9.84 Å². The van der Waals surface area contributed by atoms with Gasteiger partial charge in [0.25, 0.3) is 0 Å². The molecular weight excluding hydrogens is 262 g/mol.